The Hall–Kier alpha value is -0.120. The van der Waals surface area contributed by atoms with Gasteiger partial charge in [0.15, 0.2) is 6.29 Å². The van der Waals surface area contributed by atoms with Crippen molar-refractivity contribution in [1.82, 2.24) is 0 Å². The molecule has 98 valence electrons. The molecule has 0 saturated heterocycles. The van der Waals surface area contributed by atoms with Crippen LogP contribution in [0.25, 0.3) is 0 Å². The van der Waals surface area contributed by atoms with E-state index < -0.39 is 6.29 Å². The SMILES string of the molecule is CCCCCCC(O)OOC(C)(C)CCC. The molecule has 0 aromatic rings. The zero-order valence-corrected chi connectivity index (χ0v) is 11.3. The fraction of sp³-hybridized carbons (Fsp3) is 1.00. The molecule has 0 heterocycles. The Morgan fingerprint density at radius 3 is 2.31 bits per heavy atom. The maximum Gasteiger partial charge on any atom is 0.188 e. The average Bonchev–Trinajstić information content (AvgIpc) is 2.22. The van der Waals surface area contributed by atoms with Gasteiger partial charge in [0, 0.05) is 6.42 Å². The van der Waals surface area contributed by atoms with Crippen molar-refractivity contribution in [1.29, 1.82) is 0 Å². The Morgan fingerprint density at radius 2 is 1.75 bits per heavy atom. The molecule has 3 heteroatoms. The van der Waals surface area contributed by atoms with Crippen molar-refractivity contribution in [2.75, 3.05) is 0 Å². The van der Waals surface area contributed by atoms with Crippen LogP contribution in [0.3, 0.4) is 0 Å². The molecular formula is C13H28O3. The van der Waals surface area contributed by atoms with Crippen molar-refractivity contribution in [2.45, 2.75) is 84.5 Å². The van der Waals surface area contributed by atoms with E-state index >= 15 is 0 Å². The Bertz CT molecular complexity index is 157. The lowest BCUT2D eigenvalue weighted by molar-refractivity contribution is -0.414. The number of hydrogen-bond donors (Lipinski definition) is 1. The monoisotopic (exact) mass is 232 g/mol. The highest BCUT2D eigenvalue weighted by molar-refractivity contribution is 4.64. The lowest BCUT2D eigenvalue weighted by Crippen LogP contribution is -2.27. The predicted octanol–water partition coefficient (Wildman–Crippen LogP) is 3.80. The van der Waals surface area contributed by atoms with Crippen LogP contribution in [0.5, 0.6) is 0 Å². The fourth-order valence-corrected chi connectivity index (χ4v) is 1.62. The number of unbranched alkanes of at least 4 members (excludes halogenated alkanes) is 3. The van der Waals surface area contributed by atoms with Crippen molar-refractivity contribution < 1.29 is 14.9 Å². The van der Waals surface area contributed by atoms with Crippen LogP contribution >= 0.6 is 0 Å². The Labute approximate surface area is 100 Å². The van der Waals surface area contributed by atoms with Gasteiger partial charge in [0.1, 0.15) is 0 Å². The van der Waals surface area contributed by atoms with E-state index in [4.69, 9.17) is 9.78 Å². The average molecular weight is 232 g/mol. The first-order valence-electron chi connectivity index (χ1n) is 6.54. The van der Waals surface area contributed by atoms with Gasteiger partial charge in [0.2, 0.25) is 0 Å². The van der Waals surface area contributed by atoms with Gasteiger partial charge >= 0.3 is 0 Å². The van der Waals surface area contributed by atoms with E-state index in [1.807, 2.05) is 13.8 Å². The van der Waals surface area contributed by atoms with Gasteiger partial charge in [0.25, 0.3) is 0 Å². The zero-order chi connectivity index (χ0) is 12.4. The second kappa shape index (κ2) is 8.97. The number of aliphatic hydroxyl groups excluding tert-OH is 1. The maximum absolute atomic E-state index is 9.53. The third-order valence-corrected chi connectivity index (χ3v) is 2.54. The minimum Gasteiger partial charge on any atom is -0.366 e. The van der Waals surface area contributed by atoms with Crippen LogP contribution in [0.4, 0.5) is 0 Å². The fourth-order valence-electron chi connectivity index (χ4n) is 1.62. The van der Waals surface area contributed by atoms with Gasteiger partial charge in [-0.15, -0.1) is 0 Å². The molecule has 0 fully saturated rings. The van der Waals surface area contributed by atoms with E-state index in [1.165, 1.54) is 12.8 Å². The molecule has 0 saturated carbocycles. The smallest absolute Gasteiger partial charge is 0.188 e. The van der Waals surface area contributed by atoms with Crippen LogP contribution in [0.1, 0.15) is 72.6 Å². The lowest BCUT2D eigenvalue weighted by atomic mass is 10.0. The molecule has 1 atom stereocenters. The number of hydrogen-bond acceptors (Lipinski definition) is 3. The second-order valence-corrected chi connectivity index (χ2v) is 4.99. The highest BCUT2D eigenvalue weighted by Gasteiger charge is 2.20. The molecule has 3 nitrogen and oxygen atoms in total. The predicted molar refractivity (Wildman–Crippen MR) is 65.9 cm³/mol. The van der Waals surface area contributed by atoms with Crippen LogP contribution in [-0.4, -0.2) is 17.0 Å². The first-order valence-corrected chi connectivity index (χ1v) is 6.54. The Balaban J connectivity index is 3.52. The summed E-state index contributed by atoms with van der Waals surface area (Å²) in [4.78, 5) is 10.2. The highest BCUT2D eigenvalue weighted by Crippen LogP contribution is 2.18. The molecule has 0 spiro atoms. The summed E-state index contributed by atoms with van der Waals surface area (Å²) in [6.07, 6.45) is 6.40. The van der Waals surface area contributed by atoms with Gasteiger partial charge in [-0.1, -0.05) is 39.5 Å². The summed E-state index contributed by atoms with van der Waals surface area (Å²) < 4.78 is 0. The van der Waals surface area contributed by atoms with Gasteiger partial charge in [-0.3, -0.25) is 0 Å². The summed E-state index contributed by atoms with van der Waals surface area (Å²) in [6, 6.07) is 0. The minimum atomic E-state index is -0.784. The van der Waals surface area contributed by atoms with Crippen LogP contribution in [-0.2, 0) is 9.78 Å². The van der Waals surface area contributed by atoms with Crippen molar-refractivity contribution >= 4 is 0 Å². The Kier molecular flexibility index (Phi) is 8.90. The third kappa shape index (κ3) is 9.13. The summed E-state index contributed by atoms with van der Waals surface area (Å²) in [5, 5.41) is 9.53. The quantitative estimate of drug-likeness (QED) is 0.269. The molecule has 1 unspecified atom stereocenters. The van der Waals surface area contributed by atoms with Crippen molar-refractivity contribution in [3.63, 3.8) is 0 Å². The minimum absolute atomic E-state index is 0.306. The first-order chi connectivity index (χ1) is 7.52. The summed E-state index contributed by atoms with van der Waals surface area (Å²) >= 11 is 0. The summed E-state index contributed by atoms with van der Waals surface area (Å²) in [7, 11) is 0. The van der Waals surface area contributed by atoms with Crippen molar-refractivity contribution in [2.24, 2.45) is 0 Å². The van der Waals surface area contributed by atoms with E-state index in [-0.39, 0.29) is 5.60 Å². The molecule has 0 aliphatic carbocycles. The van der Waals surface area contributed by atoms with Crippen LogP contribution in [0, 0.1) is 0 Å². The molecule has 0 amide bonds. The summed E-state index contributed by atoms with van der Waals surface area (Å²) in [6.45, 7) is 8.22. The largest absolute Gasteiger partial charge is 0.366 e. The van der Waals surface area contributed by atoms with Gasteiger partial charge in [-0.2, -0.15) is 0 Å². The lowest BCUT2D eigenvalue weighted by Gasteiger charge is -2.24. The van der Waals surface area contributed by atoms with E-state index in [2.05, 4.69) is 13.8 Å². The molecule has 0 rings (SSSR count). The van der Waals surface area contributed by atoms with Crippen LogP contribution < -0.4 is 0 Å². The summed E-state index contributed by atoms with van der Waals surface area (Å²) in [5.74, 6) is 0. The van der Waals surface area contributed by atoms with E-state index in [1.54, 1.807) is 0 Å². The molecule has 0 radical (unpaired) electrons. The van der Waals surface area contributed by atoms with Gasteiger partial charge in [-0.05, 0) is 26.7 Å². The molecule has 16 heavy (non-hydrogen) atoms. The van der Waals surface area contributed by atoms with Crippen molar-refractivity contribution in [3.05, 3.63) is 0 Å². The number of aliphatic hydroxyl groups is 1. The zero-order valence-electron chi connectivity index (χ0n) is 11.3. The summed E-state index contributed by atoms with van der Waals surface area (Å²) in [5.41, 5.74) is -0.306. The topological polar surface area (TPSA) is 38.7 Å². The van der Waals surface area contributed by atoms with Gasteiger partial charge < -0.3 is 5.11 Å². The molecular weight excluding hydrogens is 204 g/mol. The van der Waals surface area contributed by atoms with E-state index in [9.17, 15) is 5.11 Å². The maximum atomic E-state index is 9.53. The molecule has 0 bridgehead atoms. The highest BCUT2D eigenvalue weighted by atomic mass is 17.2. The first kappa shape index (κ1) is 15.9. The van der Waals surface area contributed by atoms with Crippen LogP contribution in [0.15, 0.2) is 0 Å². The number of rotatable bonds is 10. The van der Waals surface area contributed by atoms with Gasteiger partial charge in [0.05, 0.1) is 5.60 Å². The second-order valence-electron chi connectivity index (χ2n) is 4.99. The van der Waals surface area contributed by atoms with E-state index in [0.717, 1.165) is 25.7 Å². The Morgan fingerprint density at radius 1 is 1.06 bits per heavy atom. The molecule has 0 aromatic heterocycles. The van der Waals surface area contributed by atoms with Crippen molar-refractivity contribution in [3.8, 4) is 0 Å². The van der Waals surface area contributed by atoms with E-state index in [0.29, 0.717) is 6.42 Å². The third-order valence-electron chi connectivity index (χ3n) is 2.54. The molecule has 0 aliphatic rings. The van der Waals surface area contributed by atoms with Crippen LogP contribution in [0.2, 0.25) is 0 Å². The molecule has 1 N–H and O–H groups in total. The molecule has 0 aliphatic heterocycles. The molecule has 0 aromatic carbocycles. The van der Waals surface area contributed by atoms with Gasteiger partial charge in [-0.25, -0.2) is 9.78 Å². The normalized spacial score (nSPS) is 14.1. The standard InChI is InChI=1S/C13H28O3/c1-5-7-8-9-10-12(14)15-16-13(3,4)11-6-2/h12,14H,5-11H2,1-4H3.